The van der Waals surface area contributed by atoms with Crippen molar-refractivity contribution in [2.24, 2.45) is 23.5 Å². The normalized spacial score (nSPS) is 44.5. The lowest BCUT2D eigenvalue weighted by molar-refractivity contribution is 0.0646. The summed E-state index contributed by atoms with van der Waals surface area (Å²) in [5, 5.41) is 0. The first kappa shape index (κ1) is 9.20. The Kier molecular flexibility index (Phi) is 2.14. The zero-order valence-corrected chi connectivity index (χ0v) is 6.91. The predicted octanol–water partition coefficient (Wildman–Crippen LogP) is 1.66. The molecule has 0 saturated heterocycles. The third kappa shape index (κ3) is 1.14. The molecule has 0 radical (unpaired) electrons. The van der Waals surface area contributed by atoms with Crippen LogP contribution < -0.4 is 5.73 Å². The third-order valence-electron chi connectivity index (χ3n) is 2.87. The molecule has 0 amide bonds. The molecule has 11 heavy (non-hydrogen) atoms. The summed E-state index contributed by atoms with van der Waals surface area (Å²) < 4.78 is 25.0. The minimum Gasteiger partial charge on any atom is -0.330 e. The molecule has 0 aliphatic heterocycles. The molecule has 2 fully saturated rings. The molecule has 0 aromatic carbocycles. The fourth-order valence-corrected chi connectivity index (χ4v) is 2.11. The van der Waals surface area contributed by atoms with Gasteiger partial charge in [-0.3, -0.25) is 0 Å². The van der Waals surface area contributed by atoms with Crippen molar-refractivity contribution >= 4 is 12.4 Å². The molecule has 0 aromatic heterocycles. The van der Waals surface area contributed by atoms with Gasteiger partial charge in [-0.05, 0) is 25.3 Å². The largest absolute Gasteiger partial charge is 0.330 e. The number of hydrogen-bond acceptors (Lipinski definition) is 1. The summed E-state index contributed by atoms with van der Waals surface area (Å²) in [5.41, 5.74) is 5.36. The van der Waals surface area contributed by atoms with Crippen LogP contribution in [-0.2, 0) is 0 Å². The van der Waals surface area contributed by atoms with Crippen LogP contribution in [0.1, 0.15) is 12.8 Å². The van der Waals surface area contributed by atoms with E-state index in [1.807, 2.05) is 0 Å². The van der Waals surface area contributed by atoms with Crippen LogP contribution in [0.15, 0.2) is 0 Å². The zero-order valence-electron chi connectivity index (χ0n) is 6.09. The number of fused-ring (bicyclic) bond motifs is 1. The van der Waals surface area contributed by atoms with Crippen molar-refractivity contribution in [1.29, 1.82) is 0 Å². The molecule has 66 valence electrons. The molecular formula is C7H12ClF2N. The molecule has 2 rings (SSSR count). The monoisotopic (exact) mass is 183 g/mol. The zero-order chi connectivity index (χ0) is 7.35. The van der Waals surface area contributed by atoms with Crippen LogP contribution in [0.3, 0.4) is 0 Å². The van der Waals surface area contributed by atoms with Crippen molar-refractivity contribution in [2.45, 2.75) is 18.8 Å². The van der Waals surface area contributed by atoms with Crippen LogP contribution in [0.4, 0.5) is 8.78 Å². The molecular weight excluding hydrogens is 172 g/mol. The first-order valence-corrected chi connectivity index (χ1v) is 3.74. The molecule has 0 bridgehead atoms. The molecule has 0 aromatic rings. The minimum absolute atomic E-state index is 0. The van der Waals surface area contributed by atoms with Gasteiger partial charge in [0.05, 0.1) is 0 Å². The summed E-state index contributed by atoms with van der Waals surface area (Å²) in [5.74, 6) is -2.54. The lowest BCUT2D eigenvalue weighted by Crippen LogP contribution is -2.16. The predicted molar refractivity (Wildman–Crippen MR) is 41.0 cm³/mol. The second-order valence-corrected chi connectivity index (χ2v) is 3.46. The van der Waals surface area contributed by atoms with E-state index in [-0.39, 0.29) is 24.2 Å². The smallest absolute Gasteiger partial charge is 0.254 e. The second-order valence-electron chi connectivity index (χ2n) is 3.46. The number of halogens is 3. The highest BCUT2D eigenvalue weighted by Gasteiger charge is 2.71. The van der Waals surface area contributed by atoms with Crippen LogP contribution in [0.2, 0.25) is 0 Å². The highest BCUT2D eigenvalue weighted by molar-refractivity contribution is 5.85. The summed E-state index contributed by atoms with van der Waals surface area (Å²) in [6.45, 7) is 0.586. The summed E-state index contributed by atoms with van der Waals surface area (Å²) in [6, 6.07) is 0. The Hall–Kier alpha value is 0.110. The molecule has 1 nitrogen and oxygen atoms in total. The summed E-state index contributed by atoms with van der Waals surface area (Å²) in [7, 11) is 0. The number of hydrogen-bond donors (Lipinski definition) is 1. The summed E-state index contributed by atoms with van der Waals surface area (Å²) >= 11 is 0. The average molecular weight is 184 g/mol. The van der Waals surface area contributed by atoms with Crippen molar-refractivity contribution < 1.29 is 8.78 Å². The Morgan fingerprint density at radius 2 is 1.73 bits per heavy atom. The number of rotatable bonds is 1. The lowest BCUT2D eigenvalue weighted by Gasteiger charge is -2.09. The minimum atomic E-state index is -2.31. The molecule has 2 N–H and O–H groups in total. The van der Waals surface area contributed by atoms with Gasteiger partial charge in [0, 0.05) is 11.8 Å². The van der Waals surface area contributed by atoms with E-state index in [0.717, 1.165) is 0 Å². The molecule has 4 heteroatoms. The Morgan fingerprint density at radius 1 is 1.27 bits per heavy atom. The molecule has 2 aliphatic rings. The standard InChI is InChI=1S/C7H11F2N.ClH/c8-7(9)5-1-4(3-10)2-6(5)7;/h4-6H,1-3,10H2;1H/t4?,5-,6+;. The van der Waals surface area contributed by atoms with Crippen LogP contribution in [0.5, 0.6) is 0 Å². The topological polar surface area (TPSA) is 26.0 Å². The van der Waals surface area contributed by atoms with Gasteiger partial charge in [0.1, 0.15) is 0 Å². The Labute approximate surface area is 70.7 Å². The molecule has 2 aliphatic carbocycles. The fraction of sp³-hybridized carbons (Fsp3) is 1.00. The van der Waals surface area contributed by atoms with Gasteiger partial charge < -0.3 is 5.73 Å². The first-order valence-electron chi connectivity index (χ1n) is 3.74. The van der Waals surface area contributed by atoms with Crippen LogP contribution in [0.25, 0.3) is 0 Å². The second kappa shape index (κ2) is 2.56. The van der Waals surface area contributed by atoms with Crippen molar-refractivity contribution in [3.63, 3.8) is 0 Å². The van der Waals surface area contributed by atoms with Crippen molar-refractivity contribution in [3.8, 4) is 0 Å². The molecule has 1 unspecified atom stereocenters. The van der Waals surface area contributed by atoms with Gasteiger partial charge in [0.15, 0.2) is 0 Å². The van der Waals surface area contributed by atoms with Crippen LogP contribution >= 0.6 is 12.4 Å². The van der Waals surface area contributed by atoms with E-state index in [0.29, 0.717) is 25.3 Å². The van der Waals surface area contributed by atoms with E-state index >= 15 is 0 Å². The van der Waals surface area contributed by atoms with E-state index in [4.69, 9.17) is 5.73 Å². The van der Waals surface area contributed by atoms with Gasteiger partial charge in [-0.25, -0.2) is 8.78 Å². The van der Waals surface area contributed by atoms with E-state index in [2.05, 4.69) is 0 Å². The maximum absolute atomic E-state index is 12.5. The average Bonchev–Trinajstić information content (AvgIpc) is 2.37. The van der Waals surface area contributed by atoms with Gasteiger partial charge in [-0.15, -0.1) is 12.4 Å². The Balaban J connectivity index is 0.000000605. The van der Waals surface area contributed by atoms with Gasteiger partial charge in [-0.1, -0.05) is 0 Å². The molecule has 0 spiro atoms. The van der Waals surface area contributed by atoms with Crippen LogP contribution in [-0.4, -0.2) is 12.5 Å². The molecule has 0 heterocycles. The quantitative estimate of drug-likeness (QED) is 0.658. The van der Waals surface area contributed by atoms with Crippen molar-refractivity contribution in [1.82, 2.24) is 0 Å². The maximum Gasteiger partial charge on any atom is 0.254 e. The Bertz CT molecular complexity index is 149. The molecule has 2 saturated carbocycles. The van der Waals surface area contributed by atoms with Gasteiger partial charge in [0.25, 0.3) is 5.92 Å². The highest BCUT2D eigenvalue weighted by atomic mass is 35.5. The van der Waals surface area contributed by atoms with E-state index in [1.165, 1.54) is 0 Å². The van der Waals surface area contributed by atoms with Gasteiger partial charge in [-0.2, -0.15) is 0 Å². The van der Waals surface area contributed by atoms with E-state index in [1.54, 1.807) is 0 Å². The third-order valence-corrected chi connectivity index (χ3v) is 2.87. The first-order chi connectivity index (χ1) is 4.66. The molecule has 3 atom stereocenters. The number of alkyl halides is 2. The summed E-state index contributed by atoms with van der Waals surface area (Å²) in [4.78, 5) is 0. The van der Waals surface area contributed by atoms with E-state index in [9.17, 15) is 8.78 Å². The Morgan fingerprint density at radius 3 is 2.09 bits per heavy atom. The SMILES string of the molecule is Cl.NCC1C[C@@H]2[C@H](C1)C2(F)F. The van der Waals surface area contributed by atoms with E-state index < -0.39 is 5.92 Å². The highest BCUT2D eigenvalue weighted by Crippen LogP contribution is 2.65. The lowest BCUT2D eigenvalue weighted by atomic mass is 10.0. The van der Waals surface area contributed by atoms with Crippen molar-refractivity contribution in [3.05, 3.63) is 0 Å². The maximum atomic E-state index is 12.5. The van der Waals surface area contributed by atoms with Gasteiger partial charge in [0.2, 0.25) is 0 Å². The van der Waals surface area contributed by atoms with Crippen LogP contribution in [0, 0.1) is 17.8 Å². The summed E-state index contributed by atoms with van der Waals surface area (Å²) in [6.07, 6.45) is 1.32. The number of nitrogens with two attached hydrogens (primary N) is 1. The fourth-order valence-electron chi connectivity index (χ4n) is 2.11. The van der Waals surface area contributed by atoms with Gasteiger partial charge >= 0.3 is 0 Å². The van der Waals surface area contributed by atoms with Crippen molar-refractivity contribution in [2.75, 3.05) is 6.54 Å².